The first-order valence-corrected chi connectivity index (χ1v) is 11.8. The van der Waals surface area contributed by atoms with Gasteiger partial charge < -0.3 is 14.5 Å². The van der Waals surface area contributed by atoms with Crippen molar-refractivity contribution in [2.75, 3.05) is 32.7 Å². The molecule has 1 aromatic carbocycles. The van der Waals surface area contributed by atoms with Crippen LogP contribution in [-0.2, 0) is 4.79 Å². The van der Waals surface area contributed by atoms with Crippen LogP contribution in [0.4, 0.5) is 13.2 Å². The monoisotopic (exact) mass is 492 g/mol. The number of benzene rings is 1. The van der Waals surface area contributed by atoms with Crippen LogP contribution in [0.5, 0.6) is 5.75 Å². The van der Waals surface area contributed by atoms with E-state index in [4.69, 9.17) is 4.99 Å². The largest absolute Gasteiger partial charge is 0.573 e. The van der Waals surface area contributed by atoms with E-state index < -0.39 is 18.1 Å². The number of alkyl halides is 3. The molecule has 0 aliphatic carbocycles. The van der Waals surface area contributed by atoms with Gasteiger partial charge in [-0.25, -0.2) is 0 Å². The number of hydrogen-bond donors (Lipinski definition) is 1. The van der Waals surface area contributed by atoms with Gasteiger partial charge in [0.25, 0.3) is 0 Å². The Morgan fingerprint density at radius 2 is 1.91 bits per heavy atom. The summed E-state index contributed by atoms with van der Waals surface area (Å²) < 4.78 is 41.7. The molecule has 0 bridgehead atoms. The van der Waals surface area contributed by atoms with Gasteiger partial charge >= 0.3 is 6.36 Å². The van der Waals surface area contributed by atoms with Crippen molar-refractivity contribution < 1.29 is 22.7 Å². The van der Waals surface area contributed by atoms with Crippen molar-refractivity contribution in [3.63, 3.8) is 0 Å². The molecule has 11 heteroatoms. The second-order valence-electron chi connectivity index (χ2n) is 9.13. The first-order chi connectivity index (χ1) is 16.6. The molecule has 35 heavy (non-hydrogen) atoms. The molecule has 3 atom stereocenters. The second-order valence-corrected chi connectivity index (χ2v) is 9.13. The number of hydrogen-bond acceptors (Lipinski definition) is 7. The Morgan fingerprint density at radius 1 is 1.23 bits per heavy atom. The van der Waals surface area contributed by atoms with E-state index in [0.29, 0.717) is 30.5 Å². The predicted molar refractivity (Wildman–Crippen MR) is 127 cm³/mol. The van der Waals surface area contributed by atoms with Crippen LogP contribution in [-0.4, -0.2) is 83.4 Å². The molecular formula is C24H31F3N6O2. The molecule has 3 aliphatic rings. The summed E-state index contributed by atoms with van der Waals surface area (Å²) in [5, 5.41) is 3.38. The van der Waals surface area contributed by atoms with Crippen LogP contribution in [0.3, 0.4) is 0 Å². The van der Waals surface area contributed by atoms with Gasteiger partial charge in [0, 0.05) is 44.6 Å². The molecule has 0 spiro atoms. The average Bonchev–Trinajstić information content (AvgIpc) is 3.14. The lowest BCUT2D eigenvalue weighted by molar-refractivity contribution is -0.274. The summed E-state index contributed by atoms with van der Waals surface area (Å²) in [4.78, 5) is 28.1. The number of rotatable bonds is 7. The number of piperazine rings is 1. The molecule has 0 aromatic heterocycles. The minimum Gasteiger partial charge on any atom is -0.406 e. The summed E-state index contributed by atoms with van der Waals surface area (Å²) in [5.74, 6) is 0.316. The van der Waals surface area contributed by atoms with Crippen molar-refractivity contribution in [3.05, 3.63) is 42.2 Å². The average molecular weight is 493 g/mol. The Hall–Kier alpha value is -2.92. The van der Waals surface area contributed by atoms with Gasteiger partial charge in [0.05, 0.1) is 12.8 Å². The molecule has 0 saturated carbocycles. The zero-order chi connectivity index (χ0) is 25.2. The highest BCUT2D eigenvalue weighted by Gasteiger charge is 2.47. The molecule has 4 rings (SSSR count). The van der Waals surface area contributed by atoms with E-state index in [1.54, 1.807) is 30.7 Å². The van der Waals surface area contributed by atoms with Gasteiger partial charge in [0.1, 0.15) is 23.3 Å². The number of nitrogens with zero attached hydrogens (tertiary/aromatic N) is 5. The number of fused-ring (bicyclic) bond motifs is 1. The Labute approximate surface area is 203 Å². The molecule has 0 radical (unpaired) electrons. The highest BCUT2D eigenvalue weighted by atomic mass is 19.4. The molecule has 1 saturated heterocycles. The topological polar surface area (TPSA) is 72.8 Å². The minimum absolute atomic E-state index is 0.00538. The molecule has 1 N–H and O–H groups in total. The molecule has 1 aromatic rings. The molecule has 1 amide bonds. The Kier molecular flexibility index (Phi) is 7.18. The first kappa shape index (κ1) is 25.2. The molecule has 190 valence electrons. The maximum absolute atomic E-state index is 13.0. The number of carbonyl (C=O) groups excluding carboxylic acids is 1. The quantitative estimate of drug-likeness (QED) is 0.633. The highest BCUT2D eigenvalue weighted by molar-refractivity contribution is 6.31. The van der Waals surface area contributed by atoms with Crippen molar-refractivity contribution in [1.29, 1.82) is 0 Å². The zero-order valence-electron chi connectivity index (χ0n) is 20.1. The zero-order valence-corrected chi connectivity index (χ0v) is 20.1. The van der Waals surface area contributed by atoms with Crippen molar-refractivity contribution >= 4 is 18.0 Å². The van der Waals surface area contributed by atoms with Crippen LogP contribution in [0.1, 0.15) is 38.8 Å². The summed E-state index contributed by atoms with van der Waals surface area (Å²) in [5.41, 5.74) is -0.133. The third-order valence-electron chi connectivity index (χ3n) is 6.94. The van der Waals surface area contributed by atoms with Gasteiger partial charge in [-0.05, 0) is 38.0 Å². The minimum atomic E-state index is -4.76. The Bertz CT molecular complexity index is 1000. The van der Waals surface area contributed by atoms with Gasteiger partial charge in [-0.1, -0.05) is 19.1 Å². The summed E-state index contributed by atoms with van der Waals surface area (Å²) in [7, 11) is 0. The Morgan fingerprint density at radius 3 is 2.54 bits per heavy atom. The van der Waals surface area contributed by atoms with Crippen LogP contribution in [0.2, 0.25) is 0 Å². The fourth-order valence-corrected chi connectivity index (χ4v) is 4.70. The maximum Gasteiger partial charge on any atom is 0.573 e. The lowest BCUT2D eigenvalue weighted by atomic mass is 9.94. The highest BCUT2D eigenvalue weighted by Crippen LogP contribution is 2.40. The summed E-state index contributed by atoms with van der Waals surface area (Å²) in [6, 6.07) is 5.68. The van der Waals surface area contributed by atoms with E-state index in [9.17, 15) is 18.0 Å². The van der Waals surface area contributed by atoms with E-state index in [2.05, 4.69) is 33.8 Å². The number of amides is 1. The molecule has 8 nitrogen and oxygen atoms in total. The van der Waals surface area contributed by atoms with Crippen LogP contribution in [0, 0.1) is 0 Å². The number of amidine groups is 1. The van der Waals surface area contributed by atoms with Gasteiger partial charge in [-0.2, -0.15) is 0 Å². The van der Waals surface area contributed by atoms with Gasteiger partial charge in [0.15, 0.2) is 0 Å². The first-order valence-electron chi connectivity index (χ1n) is 11.8. The van der Waals surface area contributed by atoms with Crippen molar-refractivity contribution in [1.82, 2.24) is 20.0 Å². The fraction of sp³-hybridized carbons (Fsp3) is 0.542. The van der Waals surface area contributed by atoms with Crippen LogP contribution >= 0.6 is 0 Å². The third-order valence-corrected chi connectivity index (χ3v) is 6.94. The fourth-order valence-electron chi connectivity index (χ4n) is 4.70. The SMILES string of the molecule is CCC(C)N1CCN(C(=O)CNC2(C)C(c3ccc(OC(F)(F)F)cc3)N=C3C=NC=CN32)CC1. The maximum atomic E-state index is 13.0. The van der Waals surface area contributed by atoms with Crippen LogP contribution in [0.15, 0.2) is 46.7 Å². The van der Waals surface area contributed by atoms with Gasteiger partial charge in [-0.15, -0.1) is 13.2 Å². The standard InChI is InChI=1S/C24H31F3N6O2/c1-4-17(2)31-11-13-32(14-12-31)21(34)16-29-23(3)22(30-20-15-28-9-10-33(20)23)18-5-7-19(8-6-18)35-24(25,26)27/h5-10,15,17,22,29H,4,11-14,16H2,1-3H3. The van der Waals surface area contributed by atoms with Gasteiger partial charge in [-0.3, -0.25) is 25.0 Å². The predicted octanol–water partition coefficient (Wildman–Crippen LogP) is 3.14. The number of nitrogens with one attached hydrogen (secondary N) is 1. The normalized spacial score (nSPS) is 25.4. The summed E-state index contributed by atoms with van der Waals surface area (Å²) >= 11 is 0. The third kappa shape index (κ3) is 5.51. The second kappa shape index (κ2) is 9.98. The number of carbonyl (C=O) groups is 1. The molecule has 1 fully saturated rings. The summed E-state index contributed by atoms with van der Waals surface area (Å²) in [6.45, 7) is 9.47. The molecule has 3 heterocycles. The van der Waals surface area contributed by atoms with E-state index >= 15 is 0 Å². The summed E-state index contributed by atoms with van der Waals surface area (Å²) in [6.07, 6.45) is 1.36. The van der Waals surface area contributed by atoms with Crippen LogP contribution < -0.4 is 10.1 Å². The number of aliphatic imine (C=N–C) groups is 2. The van der Waals surface area contributed by atoms with Crippen molar-refractivity contribution in [2.45, 2.75) is 51.3 Å². The molecule has 3 unspecified atom stereocenters. The van der Waals surface area contributed by atoms with E-state index in [1.807, 2.05) is 16.7 Å². The van der Waals surface area contributed by atoms with Crippen LogP contribution in [0.25, 0.3) is 0 Å². The van der Waals surface area contributed by atoms with E-state index in [0.717, 1.165) is 19.5 Å². The van der Waals surface area contributed by atoms with Gasteiger partial charge in [0.2, 0.25) is 5.91 Å². The lowest BCUT2D eigenvalue weighted by Crippen LogP contribution is -2.60. The number of ether oxygens (including phenoxy) is 1. The molecular weight excluding hydrogens is 461 g/mol. The van der Waals surface area contributed by atoms with Crippen molar-refractivity contribution in [3.8, 4) is 5.75 Å². The molecule has 3 aliphatic heterocycles. The lowest BCUT2D eigenvalue weighted by Gasteiger charge is -2.41. The van der Waals surface area contributed by atoms with E-state index in [1.165, 1.54) is 12.1 Å². The smallest absolute Gasteiger partial charge is 0.406 e. The van der Waals surface area contributed by atoms with E-state index in [-0.39, 0.29) is 18.2 Å². The van der Waals surface area contributed by atoms with Crippen molar-refractivity contribution in [2.24, 2.45) is 9.98 Å². The number of halogens is 3. The Balaban J connectivity index is 1.46.